The fourth-order valence-corrected chi connectivity index (χ4v) is 2.62. The summed E-state index contributed by atoms with van der Waals surface area (Å²) in [5, 5.41) is 0. The average Bonchev–Trinajstić information content (AvgIpc) is 2.19. The summed E-state index contributed by atoms with van der Waals surface area (Å²) in [6, 6.07) is 0.220. The van der Waals surface area contributed by atoms with Gasteiger partial charge >= 0.3 is 0 Å². The van der Waals surface area contributed by atoms with Gasteiger partial charge in [-0.3, -0.25) is 4.79 Å². The highest BCUT2D eigenvalue weighted by atomic mass is 16.2. The molecule has 1 fully saturated rings. The molecule has 0 saturated heterocycles. The molecule has 94 valence electrons. The van der Waals surface area contributed by atoms with Crippen LogP contribution in [0.3, 0.4) is 0 Å². The molecule has 0 aromatic rings. The van der Waals surface area contributed by atoms with E-state index in [4.69, 9.17) is 5.73 Å². The monoisotopic (exact) mass is 226 g/mol. The Labute approximate surface area is 99.4 Å². The van der Waals surface area contributed by atoms with Gasteiger partial charge in [-0.25, -0.2) is 0 Å². The third kappa shape index (κ3) is 3.48. The lowest BCUT2D eigenvalue weighted by molar-refractivity contribution is -0.137. The van der Waals surface area contributed by atoms with Gasteiger partial charge in [0.2, 0.25) is 5.91 Å². The molecule has 1 saturated carbocycles. The number of amides is 1. The number of nitrogens with two attached hydrogens (primary N) is 1. The van der Waals surface area contributed by atoms with Crippen molar-refractivity contribution in [2.45, 2.75) is 46.1 Å². The van der Waals surface area contributed by atoms with Gasteiger partial charge in [0.25, 0.3) is 0 Å². The van der Waals surface area contributed by atoms with Crippen molar-refractivity contribution in [1.82, 2.24) is 4.90 Å². The minimum absolute atomic E-state index is 0.146. The van der Waals surface area contributed by atoms with Crippen molar-refractivity contribution in [3.05, 3.63) is 0 Å². The van der Waals surface area contributed by atoms with E-state index in [2.05, 4.69) is 20.8 Å². The molecule has 1 aliphatic rings. The fraction of sp³-hybridized carbons (Fsp3) is 0.923. The Balaban J connectivity index is 2.57. The molecule has 3 unspecified atom stereocenters. The summed E-state index contributed by atoms with van der Waals surface area (Å²) in [5.41, 5.74) is 5.96. The zero-order chi connectivity index (χ0) is 12.3. The lowest BCUT2D eigenvalue weighted by atomic mass is 9.77. The zero-order valence-corrected chi connectivity index (χ0v) is 11.1. The van der Waals surface area contributed by atoms with E-state index in [9.17, 15) is 4.79 Å². The molecule has 0 aromatic heterocycles. The second-order valence-electron chi connectivity index (χ2n) is 5.77. The molecule has 2 N–H and O–H groups in total. The van der Waals surface area contributed by atoms with Crippen molar-refractivity contribution in [3.8, 4) is 0 Å². The summed E-state index contributed by atoms with van der Waals surface area (Å²) in [7, 11) is 1.91. The number of carbonyl (C=O) groups excluding carboxylic acids is 1. The van der Waals surface area contributed by atoms with Gasteiger partial charge in [0.1, 0.15) is 0 Å². The molecule has 16 heavy (non-hydrogen) atoms. The molecule has 0 aliphatic heterocycles. The molecule has 0 spiro atoms. The van der Waals surface area contributed by atoms with Gasteiger partial charge in [-0.2, -0.15) is 0 Å². The van der Waals surface area contributed by atoms with Crippen LogP contribution >= 0.6 is 0 Å². The van der Waals surface area contributed by atoms with Crippen LogP contribution in [0.1, 0.15) is 40.0 Å². The normalized spacial score (nSPS) is 30.5. The van der Waals surface area contributed by atoms with E-state index in [0.29, 0.717) is 11.8 Å². The van der Waals surface area contributed by atoms with E-state index in [1.165, 1.54) is 0 Å². The number of rotatable bonds is 3. The van der Waals surface area contributed by atoms with Gasteiger partial charge in [0.05, 0.1) is 0 Å². The first-order chi connectivity index (χ1) is 7.41. The van der Waals surface area contributed by atoms with Crippen LogP contribution < -0.4 is 5.73 Å². The van der Waals surface area contributed by atoms with Gasteiger partial charge in [-0.1, -0.05) is 20.8 Å². The van der Waals surface area contributed by atoms with Crippen molar-refractivity contribution in [3.63, 3.8) is 0 Å². The average molecular weight is 226 g/mol. The number of nitrogens with zero attached hydrogens (tertiary/aromatic N) is 1. The molecule has 0 heterocycles. The quantitative estimate of drug-likeness (QED) is 0.798. The van der Waals surface area contributed by atoms with E-state index >= 15 is 0 Å². The fourth-order valence-electron chi connectivity index (χ4n) is 2.62. The van der Waals surface area contributed by atoms with E-state index in [1.807, 2.05) is 11.9 Å². The minimum Gasteiger partial charge on any atom is -0.345 e. The number of hydrogen-bond acceptors (Lipinski definition) is 2. The molecule has 0 bridgehead atoms. The van der Waals surface area contributed by atoms with Gasteiger partial charge in [0, 0.05) is 25.6 Å². The van der Waals surface area contributed by atoms with Crippen LogP contribution in [0.2, 0.25) is 0 Å². The summed E-state index contributed by atoms with van der Waals surface area (Å²) >= 11 is 0. The molecular formula is C13H26N2O. The lowest BCUT2D eigenvalue weighted by Gasteiger charge is -2.34. The molecule has 3 heteroatoms. The van der Waals surface area contributed by atoms with Crippen molar-refractivity contribution in [2.75, 3.05) is 13.6 Å². The smallest absolute Gasteiger partial charge is 0.225 e. The molecule has 3 atom stereocenters. The van der Waals surface area contributed by atoms with Crippen molar-refractivity contribution in [2.24, 2.45) is 23.5 Å². The zero-order valence-electron chi connectivity index (χ0n) is 11.1. The van der Waals surface area contributed by atoms with Crippen molar-refractivity contribution >= 4 is 5.91 Å². The standard InChI is InChI=1S/C13H26N2O/c1-9(2)8-15(4)13(16)12-7-11(14)6-5-10(12)3/h9-12H,5-8,14H2,1-4H3. The largest absolute Gasteiger partial charge is 0.345 e. The molecular weight excluding hydrogens is 200 g/mol. The van der Waals surface area contributed by atoms with E-state index < -0.39 is 0 Å². The second-order valence-corrected chi connectivity index (χ2v) is 5.77. The van der Waals surface area contributed by atoms with E-state index in [1.54, 1.807) is 0 Å². The van der Waals surface area contributed by atoms with E-state index in [-0.39, 0.29) is 17.9 Å². The first kappa shape index (κ1) is 13.5. The third-order valence-corrected chi connectivity index (χ3v) is 3.57. The Morgan fingerprint density at radius 3 is 2.62 bits per heavy atom. The third-order valence-electron chi connectivity index (χ3n) is 3.57. The first-order valence-corrected chi connectivity index (χ1v) is 6.42. The molecule has 0 radical (unpaired) electrons. The maximum Gasteiger partial charge on any atom is 0.225 e. The van der Waals surface area contributed by atoms with Crippen LogP contribution in [0.5, 0.6) is 0 Å². The molecule has 1 amide bonds. The predicted octanol–water partition coefficient (Wildman–Crippen LogP) is 1.86. The van der Waals surface area contributed by atoms with Gasteiger partial charge in [0.15, 0.2) is 0 Å². The second kappa shape index (κ2) is 5.67. The highest BCUT2D eigenvalue weighted by Gasteiger charge is 2.32. The van der Waals surface area contributed by atoms with Crippen LogP contribution in [-0.2, 0) is 4.79 Å². The highest BCUT2D eigenvalue weighted by molar-refractivity contribution is 5.79. The maximum absolute atomic E-state index is 12.3. The summed E-state index contributed by atoms with van der Waals surface area (Å²) in [6.07, 6.45) is 3.02. The Bertz CT molecular complexity index is 240. The van der Waals surface area contributed by atoms with Gasteiger partial charge in [-0.15, -0.1) is 0 Å². The summed E-state index contributed by atoms with van der Waals surface area (Å²) in [4.78, 5) is 14.1. The van der Waals surface area contributed by atoms with Crippen molar-refractivity contribution in [1.29, 1.82) is 0 Å². The van der Waals surface area contributed by atoms with Crippen LogP contribution in [0, 0.1) is 17.8 Å². The van der Waals surface area contributed by atoms with Crippen LogP contribution in [0.25, 0.3) is 0 Å². The van der Waals surface area contributed by atoms with Crippen LogP contribution in [0.4, 0.5) is 0 Å². The Kier molecular flexibility index (Phi) is 4.78. The maximum atomic E-state index is 12.3. The SMILES string of the molecule is CC(C)CN(C)C(=O)C1CC(N)CCC1C. The summed E-state index contributed by atoms with van der Waals surface area (Å²) in [5.74, 6) is 1.45. The Morgan fingerprint density at radius 1 is 1.44 bits per heavy atom. The number of carbonyl (C=O) groups is 1. The Hall–Kier alpha value is -0.570. The van der Waals surface area contributed by atoms with Crippen molar-refractivity contribution < 1.29 is 4.79 Å². The molecule has 1 aliphatic carbocycles. The van der Waals surface area contributed by atoms with Crippen LogP contribution in [-0.4, -0.2) is 30.4 Å². The van der Waals surface area contributed by atoms with Crippen LogP contribution in [0.15, 0.2) is 0 Å². The molecule has 3 nitrogen and oxygen atoms in total. The summed E-state index contributed by atoms with van der Waals surface area (Å²) in [6.45, 7) is 7.30. The van der Waals surface area contributed by atoms with E-state index in [0.717, 1.165) is 25.8 Å². The highest BCUT2D eigenvalue weighted by Crippen LogP contribution is 2.30. The topological polar surface area (TPSA) is 46.3 Å². The molecule has 1 rings (SSSR count). The van der Waals surface area contributed by atoms with Gasteiger partial charge < -0.3 is 10.6 Å². The number of hydrogen-bond donors (Lipinski definition) is 1. The first-order valence-electron chi connectivity index (χ1n) is 6.42. The lowest BCUT2D eigenvalue weighted by Crippen LogP contribution is -2.43. The van der Waals surface area contributed by atoms with Gasteiger partial charge in [-0.05, 0) is 31.1 Å². The molecule has 0 aromatic carbocycles. The summed E-state index contributed by atoms with van der Waals surface area (Å²) < 4.78 is 0. The minimum atomic E-state index is 0.146. The predicted molar refractivity (Wildman–Crippen MR) is 67.0 cm³/mol. The Morgan fingerprint density at radius 2 is 2.06 bits per heavy atom.